The summed E-state index contributed by atoms with van der Waals surface area (Å²) in [7, 11) is -1.50. The molecule has 0 spiro atoms. The fourth-order valence-electron chi connectivity index (χ4n) is 4.08. The van der Waals surface area contributed by atoms with Gasteiger partial charge in [-0.15, -0.1) is 0 Å². The van der Waals surface area contributed by atoms with Crippen LogP contribution in [0.1, 0.15) is 36.9 Å². The molecule has 0 amide bonds. The normalized spacial score (nSPS) is 16.7. The molecule has 3 aromatic heterocycles. The van der Waals surface area contributed by atoms with E-state index in [2.05, 4.69) is 25.0 Å². The van der Waals surface area contributed by atoms with Crippen molar-refractivity contribution in [3.05, 3.63) is 60.2 Å². The van der Waals surface area contributed by atoms with Gasteiger partial charge < -0.3 is 9.83 Å². The van der Waals surface area contributed by atoms with Gasteiger partial charge in [0.05, 0.1) is 34.1 Å². The van der Waals surface area contributed by atoms with Crippen molar-refractivity contribution >= 4 is 27.6 Å². The second-order valence-corrected chi connectivity index (χ2v) is 8.89. The summed E-state index contributed by atoms with van der Waals surface area (Å²) in [5.41, 5.74) is 2.53. The van der Waals surface area contributed by atoms with Gasteiger partial charge in [0.1, 0.15) is 0 Å². The van der Waals surface area contributed by atoms with Crippen LogP contribution < -0.4 is 4.72 Å². The fraction of sp³-hybridized carbons (Fsp3) is 0.286. The van der Waals surface area contributed by atoms with Crippen LogP contribution in [0.2, 0.25) is 0 Å². The highest BCUT2D eigenvalue weighted by Crippen LogP contribution is 2.38. The number of aromatic amines is 1. The third kappa shape index (κ3) is 3.29. The van der Waals surface area contributed by atoms with Gasteiger partial charge in [0.2, 0.25) is 0 Å². The van der Waals surface area contributed by atoms with Crippen molar-refractivity contribution in [1.82, 2.24) is 25.0 Å². The Kier molecular flexibility index (Phi) is 4.63. The summed E-state index contributed by atoms with van der Waals surface area (Å²) in [6.45, 7) is 1.93. The van der Waals surface area contributed by atoms with Crippen LogP contribution >= 0.6 is 0 Å². The predicted octanol–water partition coefficient (Wildman–Crippen LogP) is 3.35. The largest absolute Gasteiger partial charge is 0.385 e. The van der Waals surface area contributed by atoms with Crippen LogP contribution in [-0.2, 0) is 16.6 Å². The minimum Gasteiger partial charge on any atom is -0.385 e. The van der Waals surface area contributed by atoms with E-state index in [4.69, 9.17) is 0 Å². The molecule has 1 aromatic carbocycles. The van der Waals surface area contributed by atoms with Gasteiger partial charge in [-0.05, 0) is 49.6 Å². The van der Waals surface area contributed by atoms with Crippen LogP contribution in [0.5, 0.6) is 0 Å². The minimum atomic E-state index is -1.50. The zero-order valence-corrected chi connectivity index (χ0v) is 17.3. The monoisotopic (exact) mass is 422 g/mol. The first-order valence-corrected chi connectivity index (χ1v) is 11.0. The molecule has 4 aromatic rings. The van der Waals surface area contributed by atoms with Crippen LogP contribution in [0.15, 0.2) is 53.8 Å². The zero-order valence-electron chi connectivity index (χ0n) is 16.5. The van der Waals surface area contributed by atoms with Gasteiger partial charge in [0.25, 0.3) is 0 Å². The number of nitrogens with zero attached hydrogens (tertiary/aromatic N) is 4. The summed E-state index contributed by atoms with van der Waals surface area (Å²) in [5, 5.41) is 23.3. The highest BCUT2D eigenvalue weighted by atomic mass is 32.2. The standard InChI is InChI=1S/C21H22N6O2S/c1-14-20-17(25-24-14)5-4-6-18(20)26-30(29)16-12-23-27(13-16)19-11-15(7-10-22-19)21(28)8-2-3-9-21/h4-7,10-13,26,28H,2-3,8-9H2,1H3,(H,24,25). The molecule has 9 heteroatoms. The number of benzene rings is 1. The molecule has 0 aliphatic heterocycles. The molecule has 1 atom stereocenters. The maximum absolute atomic E-state index is 12.9. The van der Waals surface area contributed by atoms with Gasteiger partial charge in [0.15, 0.2) is 16.8 Å². The zero-order chi connectivity index (χ0) is 20.7. The Morgan fingerprint density at radius 3 is 2.93 bits per heavy atom. The first-order valence-electron chi connectivity index (χ1n) is 9.90. The molecule has 0 radical (unpaired) electrons. The second-order valence-electron chi connectivity index (χ2n) is 7.68. The maximum Gasteiger partial charge on any atom is 0.153 e. The van der Waals surface area contributed by atoms with E-state index in [0.717, 1.165) is 53.5 Å². The number of hydrogen-bond donors (Lipinski definition) is 3. The maximum atomic E-state index is 12.9. The Morgan fingerprint density at radius 2 is 2.10 bits per heavy atom. The molecule has 154 valence electrons. The second kappa shape index (κ2) is 7.33. The van der Waals surface area contributed by atoms with E-state index in [-0.39, 0.29) is 0 Å². The average molecular weight is 423 g/mol. The van der Waals surface area contributed by atoms with Gasteiger partial charge in [-0.2, -0.15) is 10.2 Å². The third-order valence-electron chi connectivity index (χ3n) is 5.69. The van der Waals surface area contributed by atoms with Gasteiger partial charge in [-0.25, -0.2) is 13.9 Å². The molecule has 1 aliphatic rings. The van der Waals surface area contributed by atoms with Crippen molar-refractivity contribution in [3.63, 3.8) is 0 Å². The summed E-state index contributed by atoms with van der Waals surface area (Å²) in [6.07, 6.45) is 8.49. The van der Waals surface area contributed by atoms with Crippen molar-refractivity contribution in [1.29, 1.82) is 0 Å². The van der Waals surface area contributed by atoms with Gasteiger partial charge in [-0.1, -0.05) is 18.9 Å². The van der Waals surface area contributed by atoms with Gasteiger partial charge in [0, 0.05) is 17.3 Å². The van der Waals surface area contributed by atoms with Crippen molar-refractivity contribution in [2.45, 2.75) is 43.1 Å². The smallest absolute Gasteiger partial charge is 0.153 e. The van der Waals surface area contributed by atoms with Crippen molar-refractivity contribution in [2.24, 2.45) is 0 Å². The topological polar surface area (TPSA) is 109 Å². The molecule has 30 heavy (non-hydrogen) atoms. The SMILES string of the molecule is Cc1[nH]nc2cccc(NS(=O)c3cnn(-c4cc(C5(O)CCCC5)ccn4)c3)c12. The molecule has 5 rings (SSSR count). The number of rotatable bonds is 5. The van der Waals surface area contributed by atoms with E-state index in [1.165, 1.54) is 0 Å². The number of aryl methyl sites for hydroxylation is 1. The number of aromatic nitrogens is 5. The number of H-pyrrole nitrogens is 1. The van der Waals surface area contributed by atoms with Crippen molar-refractivity contribution in [2.75, 3.05) is 4.72 Å². The highest BCUT2D eigenvalue weighted by molar-refractivity contribution is 7.86. The summed E-state index contributed by atoms with van der Waals surface area (Å²) < 4.78 is 17.6. The van der Waals surface area contributed by atoms with Crippen LogP contribution in [0.25, 0.3) is 16.7 Å². The van der Waals surface area contributed by atoms with E-state index in [1.807, 2.05) is 37.3 Å². The van der Waals surface area contributed by atoms with E-state index in [9.17, 15) is 9.32 Å². The molecule has 0 bridgehead atoms. The van der Waals surface area contributed by atoms with E-state index in [0.29, 0.717) is 10.7 Å². The lowest BCUT2D eigenvalue weighted by molar-refractivity contribution is 0.0444. The minimum absolute atomic E-state index is 0.528. The third-order valence-corrected chi connectivity index (χ3v) is 6.73. The first-order chi connectivity index (χ1) is 14.5. The number of pyridine rings is 1. The quantitative estimate of drug-likeness (QED) is 0.457. The lowest BCUT2D eigenvalue weighted by Crippen LogP contribution is -2.21. The van der Waals surface area contributed by atoms with Crippen molar-refractivity contribution < 1.29 is 9.32 Å². The molecular formula is C21H22N6O2S. The molecule has 8 nitrogen and oxygen atoms in total. The summed E-state index contributed by atoms with van der Waals surface area (Å²) >= 11 is 0. The molecule has 0 saturated heterocycles. The van der Waals surface area contributed by atoms with Crippen LogP contribution in [0.4, 0.5) is 5.69 Å². The van der Waals surface area contributed by atoms with E-state index < -0.39 is 16.6 Å². The molecule has 1 aliphatic carbocycles. The highest BCUT2D eigenvalue weighted by Gasteiger charge is 2.33. The first kappa shape index (κ1) is 19.0. The lowest BCUT2D eigenvalue weighted by Gasteiger charge is -2.22. The Hall–Kier alpha value is -3.04. The van der Waals surface area contributed by atoms with E-state index in [1.54, 1.807) is 23.3 Å². The predicted molar refractivity (Wildman–Crippen MR) is 115 cm³/mol. The number of aliphatic hydroxyl groups is 1. The van der Waals surface area contributed by atoms with Crippen LogP contribution in [-0.4, -0.2) is 34.3 Å². The fourth-order valence-corrected chi connectivity index (χ4v) is 4.91. The molecule has 1 unspecified atom stereocenters. The number of anilines is 1. The Balaban J connectivity index is 1.40. The van der Waals surface area contributed by atoms with E-state index >= 15 is 0 Å². The molecule has 3 N–H and O–H groups in total. The van der Waals surface area contributed by atoms with Gasteiger partial charge >= 0.3 is 0 Å². The number of fused-ring (bicyclic) bond motifs is 1. The molecule has 1 fully saturated rings. The Labute approximate surface area is 175 Å². The van der Waals surface area contributed by atoms with Crippen LogP contribution in [0, 0.1) is 6.92 Å². The van der Waals surface area contributed by atoms with Gasteiger partial charge in [-0.3, -0.25) is 5.10 Å². The molecule has 1 saturated carbocycles. The lowest BCUT2D eigenvalue weighted by atomic mass is 9.93. The Morgan fingerprint density at radius 1 is 1.27 bits per heavy atom. The summed E-state index contributed by atoms with van der Waals surface area (Å²) in [5.74, 6) is 0.587. The van der Waals surface area contributed by atoms with Crippen molar-refractivity contribution in [3.8, 4) is 5.82 Å². The molecule has 3 heterocycles. The number of nitrogens with one attached hydrogen (secondary N) is 2. The summed E-state index contributed by atoms with van der Waals surface area (Å²) in [6, 6.07) is 9.36. The van der Waals surface area contributed by atoms with Crippen LogP contribution in [0.3, 0.4) is 0 Å². The summed E-state index contributed by atoms with van der Waals surface area (Å²) in [4.78, 5) is 4.90. The molecular weight excluding hydrogens is 400 g/mol. The number of hydrogen-bond acceptors (Lipinski definition) is 5. The Bertz CT molecular complexity index is 1240. The average Bonchev–Trinajstić information content (AvgIpc) is 3.49.